The maximum Gasteiger partial charge on any atom is 0.318 e. The van der Waals surface area contributed by atoms with E-state index in [4.69, 9.17) is 28.9 Å². The number of rotatable bonds is 3. The zero-order valence-corrected chi connectivity index (χ0v) is 15.2. The SMILES string of the molecule is CC(F)(F)CNC(=O)N1Cc2nc(N)nc(-c3ccc(Cl)cc3Cl)c2C1. The van der Waals surface area contributed by atoms with E-state index in [2.05, 4.69) is 15.3 Å². The van der Waals surface area contributed by atoms with Crippen molar-refractivity contribution in [2.75, 3.05) is 12.3 Å². The Labute approximate surface area is 158 Å². The molecule has 0 saturated heterocycles. The van der Waals surface area contributed by atoms with Crippen molar-refractivity contribution in [3.05, 3.63) is 39.5 Å². The Hall–Kier alpha value is -2.19. The van der Waals surface area contributed by atoms with E-state index in [0.29, 0.717) is 32.6 Å². The fraction of sp³-hybridized carbons (Fsp3) is 0.312. The van der Waals surface area contributed by atoms with Gasteiger partial charge < -0.3 is 16.0 Å². The Bertz CT molecular complexity index is 872. The molecule has 3 N–H and O–H groups in total. The lowest BCUT2D eigenvalue weighted by molar-refractivity contribution is 0.0239. The van der Waals surface area contributed by atoms with Crippen LogP contribution in [0.15, 0.2) is 18.2 Å². The predicted molar refractivity (Wildman–Crippen MR) is 95.2 cm³/mol. The number of aromatic nitrogens is 2. The molecule has 1 aromatic heterocycles. The van der Waals surface area contributed by atoms with Crippen molar-refractivity contribution >= 4 is 35.2 Å². The minimum absolute atomic E-state index is 0.0344. The minimum atomic E-state index is -2.99. The van der Waals surface area contributed by atoms with E-state index in [0.717, 1.165) is 6.92 Å². The van der Waals surface area contributed by atoms with E-state index in [1.54, 1.807) is 18.2 Å². The molecule has 2 aromatic rings. The number of benzene rings is 1. The molecule has 1 aliphatic heterocycles. The van der Waals surface area contributed by atoms with Crippen molar-refractivity contribution in [3.63, 3.8) is 0 Å². The second-order valence-electron chi connectivity index (χ2n) is 6.06. The van der Waals surface area contributed by atoms with Gasteiger partial charge in [0, 0.05) is 23.1 Å². The first-order chi connectivity index (χ1) is 12.1. The van der Waals surface area contributed by atoms with Gasteiger partial charge >= 0.3 is 6.03 Å². The van der Waals surface area contributed by atoms with Crippen molar-refractivity contribution in [2.45, 2.75) is 25.9 Å². The normalized spacial score (nSPS) is 13.7. The third-order valence-corrected chi connectivity index (χ3v) is 4.37. The van der Waals surface area contributed by atoms with Gasteiger partial charge in [0.2, 0.25) is 5.95 Å². The van der Waals surface area contributed by atoms with Gasteiger partial charge in [0.05, 0.1) is 36.0 Å². The van der Waals surface area contributed by atoms with Crippen LogP contribution in [-0.2, 0) is 13.1 Å². The lowest BCUT2D eigenvalue weighted by atomic mass is 10.1. The van der Waals surface area contributed by atoms with Gasteiger partial charge in [0.25, 0.3) is 5.92 Å². The van der Waals surface area contributed by atoms with Crippen LogP contribution in [0.1, 0.15) is 18.2 Å². The molecule has 2 heterocycles. The second kappa shape index (κ2) is 6.85. The number of urea groups is 1. The first kappa shape index (κ1) is 18.6. The van der Waals surface area contributed by atoms with Crippen LogP contribution in [0.3, 0.4) is 0 Å². The summed E-state index contributed by atoms with van der Waals surface area (Å²) < 4.78 is 25.9. The number of hydrogen-bond acceptors (Lipinski definition) is 4. The summed E-state index contributed by atoms with van der Waals surface area (Å²) in [4.78, 5) is 21.9. The summed E-state index contributed by atoms with van der Waals surface area (Å²) in [6.45, 7) is 0.285. The van der Waals surface area contributed by atoms with Crippen LogP contribution in [0, 0.1) is 0 Å². The maximum absolute atomic E-state index is 13.0. The Morgan fingerprint density at radius 1 is 1.35 bits per heavy atom. The molecule has 0 aliphatic carbocycles. The average Bonchev–Trinajstić information content (AvgIpc) is 2.95. The van der Waals surface area contributed by atoms with Gasteiger partial charge in [0.15, 0.2) is 0 Å². The molecule has 10 heteroatoms. The molecule has 2 amide bonds. The molecule has 0 unspecified atom stereocenters. The highest BCUT2D eigenvalue weighted by molar-refractivity contribution is 6.36. The molecular formula is C16H15Cl2F2N5O. The van der Waals surface area contributed by atoms with Gasteiger partial charge in [-0.05, 0) is 18.2 Å². The standard InChI is InChI=1S/C16H15Cl2F2N5O/c1-16(19,20)7-22-15(26)25-5-10-12(6-25)23-14(21)24-13(10)9-3-2-8(17)4-11(9)18/h2-4H,5-7H2,1H3,(H,22,26)(H2,21,23,24). The number of amides is 2. The van der Waals surface area contributed by atoms with E-state index in [-0.39, 0.29) is 19.0 Å². The third-order valence-electron chi connectivity index (χ3n) is 3.82. The minimum Gasteiger partial charge on any atom is -0.368 e. The molecule has 0 bridgehead atoms. The zero-order chi connectivity index (χ0) is 19.1. The van der Waals surface area contributed by atoms with Gasteiger partial charge in [-0.2, -0.15) is 0 Å². The van der Waals surface area contributed by atoms with E-state index in [1.807, 2.05) is 0 Å². The molecule has 0 saturated carbocycles. The molecule has 0 atom stereocenters. The van der Waals surface area contributed by atoms with Crippen LogP contribution in [0.4, 0.5) is 19.5 Å². The molecule has 0 radical (unpaired) electrons. The van der Waals surface area contributed by atoms with Crippen LogP contribution < -0.4 is 11.1 Å². The smallest absolute Gasteiger partial charge is 0.318 e. The van der Waals surface area contributed by atoms with Crippen LogP contribution >= 0.6 is 23.2 Å². The molecule has 0 fully saturated rings. The summed E-state index contributed by atoms with van der Waals surface area (Å²) in [5.41, 5.74) is 8.09. The molecule has 0 spiro atoms. The monoisotopic (exact) mass is 401 g/mol. The summed E-state index contributed by atoms with van der Waals surface area (Å²) >= 11 is 12.2. The highest BCUT2D eigenvalue weighted by Crippen LogP contribution is 2.35. The fourth-order valence-corrected chi connectivity index (χ4v) is 3.16. The molecule has 3 rings (SSSR count). The summed E-state index contributed by atoms with van der Waals surface area (Å²) in [5.74, 6) is -2.96. The number of halogens is 4. The lowest BCUT2D eigenvalue weighted by Gasteiger charge is -2.18. The number of fused-ring (bicyclic) bond motifs is 1. The van der Waals surface area contributed by atoms with Crippen molar-refractivity contribution in [1.29, 1.82) is 0 Å². The second-order valence-corrected chi connectivity index (χ2v) is 6.91. The number of alkyl halides is 2. The number of carbonyl (C=O) groups is 1. The number of hydrogen-bond donors (Lipinski definition) is 2. The Balaban J connectivity index is 1.89. The lowest BCUT2D eigenvalue weighted by Crippen LogP contribution is -2.41. The molecular weight excluding hydrogens is 387 g/mol. The van der Waals surface area contributed by atoms with Crippen molar-refractivity contribution < 1.29 is 13.6 Å². The third kappa shape index (κ3) is 3.96. The molecule has 26 heavy (non-hydrogen) atoms. The zero-order valence-electron chi connectivity index (χ0n) is 13.7. The Morgan fingerprint density at radius 2 is 2.08 bits per heavy atom. The van der Waals surface area contributed by atoms with Crippen LogP contribution in [-0.4, -0.2) is 33.4 Å². The molecule has 138 valence electrons. The van der Waals surface area contributed by atoms with Gasteiger partial charge in [-0.15, -0.1) is 0 Å². The van der Waals surface area contributed by atoms with Gasteiger partial charge in [-0.3, -0.25) is 0 Å². The number of carbonyl (C=O) groups excluding carboxylic acids is 1. The van der Waals surface area contributed by atoms with Crippen molar-refractivity contribution in [1.82, 2.24) is 20.2 Å². The first-order valence-corrected chi connectivity index (χ1v) is 8.41. The summed E-state index contributed by atoms with van der Waals surface area (Å²) in [6.07, 6.45) is 0. The number of nitrogen functional groups attached to an aromatic ring is 1. The summed E-state index contributed by atoms with van der Waals surface area (Å²) in [7, 11) is 0. The van der Waals surface area contributed by atoms with E-state index in [1.165, 1.54) is 4.90 Å². The highest BCUT2D eigenvalue weighted by Gasteiger charge is 2.30. The maximum atomic E-state index is 13.0. The van der Waals surface area contributed by atoms with Gasteiger partial charge in [-0.1, -0.05) is 23.2 Å². The largest absolute Gasteiger partial charge is 0.368 e. The molecule has 6 nitrogen and oxygen atoms in total. The Morgan fingerprint density at radius 3 is 2.73 bits per heavy atom. The number of anilines is 1. The first-order valence-electron chi connectivity index (χ1n) is 7.65. The Kier molecular flexibility index (Phi) is 4.90. The van der Waals surface area contributed by atoms with Crippen molar-refractivity contribution in [2.24, 2.45) is 0 Å². The van der Waals surface area contributed by atoms with Gasteiger partial charge in [-0.25, -0.2) is 23.5 Å². The van der Waals surface area contributed by atoms with Crippen molar-refractivity contribution in [3.8, 4) is 11.3 Å². The van der Waals surface area contributed by atoms with Crippen LogP contribution in [0.2, 0.25) is 10.0 Å². The van der Waals surface area contributed by atoms with Crippen LogP contribution in [0.25, 0.3) is 11.3 Å². The predicted octanol–water partition coefficient (Wildman–Crippen LogP) is 3.71. The van der Waals surface area contributed by atoms with Gasteiger partial charge in [0.1, 0.15) is 0 Å². The number of nitrogens with two attached hydrogens (primary N) is 1. The van der Waals surface area contributed by atoms with E-state index < -0.39 is 18.5 Å². The topological polar surface area (TPSA) is 84.1 Å². The van der Waals surface area contributed by atoms with Crippen LogP contribution in [0.5, 0.6) is 0 Å². The quantitative estimate of drug-likeness (QED) is 0.820. The molecule has 1 aliphatic rings. The number of nitrogens with one attached hydrogen (secondary N) is 1. The van der Waals surface area contributed by atoms with E-state index >= 15 is 0 Å². The summed E-state index contributed by atoms with van der Waals surface area (Å²) in [5, 5.41) is 3.06. The summed E-state index contributed by atoms with van der Waals surface area (Å²) in [6, 6.07) is 4.33. The average molecular weight is 402 g/mol. The highest BCUT2D eigenvalue weighted by atomic mass is 35.5. The van der Waals surface area contributed by atoms with E-state index in [9.17, 15) is 13.6 Å². The fourth-order valence-electron chi connectivity index (χ4n) is 2.66. The number of nitrogens with zero attached hydrogens (tertiary/aromatic N) is 3. The molecule has 1 aromatic carbocycles.